The molecule has 1 atom stereocenters. The van der Waals surface area contributed by atoms with Gasteiger partial charge in [-0.2, -0.15) is 0 Å². The molecule has 0 aromatic carbocycles. The third-order valence-corrected chi connectivity index (χ3v) is 4.10. The average molecular weight is 358 g/mol. The van der Waals surface area contributed by atoms with Crippen LogP contribution in [0.4, 0.5) is 0 Å². The minimum absolute atomic E-state index is 0. The maximum absolute atomic E-state index is 12.6. The van der Waals surface area contributed by atoms with Gasteiger partial charge in [0, 0.05) is 33.3 Å². The van der Waals surface area contributed by atoms with Gasteiger partial charge in [-0.25, -0.2) is 0 Å². The molecule has 1 saturated heterocycles. The van der Waals surface area contributed by atoms with E-state index in [-0.39, 0.29) is 30.7 Å². The molecule has 22 heavy (non-hydrogen) atoms. The smallest absolute Gasteiger partial charge is 0.227 e. The van der Waals surface area contributed by atoms with Crippen LogP contribution in [-0.4, -0.2) is 75.2 Å². The van der Waals surface area contributed by atoms with Crippen LogP contribution >= 0.6 is 24.8 Å². The van der Waals surface area contributed by atoms with E-state index in [0.29, 0.717) is 19.1 Å². The van der Waals surface area contributed by atoms with Crippen LogP contribution in [0, 0.1) is 5.92 Å². The molecule has 0 saturated carbocycles. The number of methoxy groups -OCH3 is 1. The van der Waals surface area contributed by atoms with Crippen LogP contribution in [0.2, 0.25) is 0 Å². The first kappa shape index (κ1) is 24.2. The van der Waals surface area contributed by atoms with E-state index >= 15 is 0 Å². The summed E-state index contributed by atoms with van der Waals surface area (Å²) in [5.41, 5.74) is 0. The third kappa shape index (κ3) is 8.53. The van der Waals surface area contributed by atoms with Crippen LogP contribution in [0.1, 0.15) is 26.7 Å². The number of nitrogens with zero attached hydrogens (tertiary/aromatic N) is 2. The number of amides is 1. The van der Waals surface area contributed by atoms with Gasteiger partial charge in [0.15, 0.2) is 0 Å². The quantitative estimate of drug-likeness (QED) is 0.681. The van der Waals surface area contributed by atoms with Crippen molar-refractivity contribution in [2.24, 2.45) is 5.92 Å². The topological polar surface area (TPSA) is 44.8 Å². The number of piperidine rings is 1. The highest BCUT2D eigenvalue weighted by atomic mass is 35.5. The molecule has 1 heterocycles. The molecule has 1 aliphatic heterocycles. The van der Waals surface area contributed by atoms with Crippen molar-refractivity contribution in [3.63, 3.8) is 0 Å². The predicted octanol–water partition coefficient (Wildman–Crippen LogP) is 1.65. The van der Waals surface area contributed by atoms with Crippen molar-refractivity contribution in [1.82, 2.24) is 15.1 Å². The minimum Gasteiger partial charge on any atom is -0.383 e. The SMILES string of the molecule is CCN(CC)CCN(CCOC)C(=O)C1CCCNC1.Cl.Cl. The van der Waals surface area contributed by atoms with E-state index in [0.717, 1.165) is 52.1 Å². The van der Waals surface area contributed by atoms with Crippen molar-refractivity contribution in [3.8, 4) is 0 Å². The number of carbonyl (C=O) groups is 1. The number of ether oxygens (including phenoxy) is 1. The Morgan fingerprint density at radius 2 is 1.86 bits per heavy atom. The summed E-state index contributed by atoms with van der Waals surface area (Å²) in [7, 11) is 1.69. The van der Waals surface area contributed by atoms with Gasteiger partial charge >= 0.3 is 0 Å². The third-order valence-electron chi connectivity index (χ3n) is 4.10. The predicted molar refractivity (Wildman–Crippen MR) is 96.3 cm³/mol. The van der Waals surface area contributed by atoms with Gasteiger partial charge in [0.1, 0.15) is 0 Å². The minimum atomic E-state index is 0. The molecule has 0 aliphatic carbocycles. The lowest BCUT2D eigenvalue weighted by Gasteiger charge is -2.31. The number of halogens is 2. The molecule has 1 rings (SSSR count). The van der Waals surface area contributed by atoms with Crippen LogP contribution in [0.15, 0.2) is 0 Å². The standard InChI is InChI=1S/C15H31N3O2.2ClH/c1-4-17(5-2)9-10-18(11-12-20-3)15(19)14-7-6-8-16-13-14;;/h14,16H,4-13H2,1-3H3;2*1H. The summed E-state index contributed by atoms with van der Waals surface area (Å²) >= 11 is 0. The van der Waals surface area contributed by atoms with Gasteiger partial charge in [-0.1, -0.05) is 13.8 Å². The Kier molecular flexibility index (Phi) is 16.0. The zero-order valence-corrected chi connectivity index (χ0v) is 15.8. The summed E-state index contributed by atoms with van der Waals surface area (Å²) in [6, 6.07) is 0. The average Bonchev–Trinajstić information content (AvgIpc) is 2.51. The van der Waals surface area contributed by atoms with E-state index in [2.05, 4.69) is 24.1 Å². The molecule has 5 nitrogen and oxygen atoms in total. The van der Waals surface area contributed by atoms with E-state index in [1.54, 1.807) is 7.11 Å². The monoisotopic (exact) mass is 357 g/mol. The van der Waals surface area contributed by atoms with Gasteiger partial charge in [-0.3, -0.25) is 4.79 Å². The summed E-state index contributed by atoms with van der Waals surface area (Å²) in [6.07, 6.45) is 2.12. The largest absolute Gasteiger partial charge is 0.383 e. The van der Waals surface area contributed by atoms with Crippen LogP contribution in [0.25, 0.3) is 0 Å². The van der Waals surface area contributed by atoms with Gasteiger partial charge in [0.05, 0.1) is 12.5 Å². The number of hydrogen-bond donors (Lipinski definition) is 1. The lowest BCUT2D eigenvalue weighted by atomic mass is 9.98. The van der Waals surface area contributed by atoms with Gasteiger partial charge in [0.2, 0.25) is 5.91 Å². The van der Waals surface area contributed by atoms with Gasteiger partial charge in [0.25, 0.3) is 0 Å². The van der Waals surface area contributed by atoms with E-state index in [1.165, 1.54) is 0 Å². The highest BCUT2D eigenvalue weighted by Gasteiger charge is 2.25. The zero-order chi connectivity index (χ0) is 14.8. The summed E-state index contributed by atoms with van der Waals surface area (Å²) in [4.78, 5) is 16.9. The van der Waals surface area contributed by atoms with Crippen LogP contribution in [0.5, 0.6) is 0 Å². The fourth-order valence-electron chi connectivity index (χ4n) is 2.66. The number of likely N-dealkylation sites (N-methyl/N-ethyl adjacent to an activating group) is 1. The number of nitrogens with one attached hydrogen (secondary N) is 1. The summed E-state index contributed by atoms with van der Waals surface area (Å²) in [5.74, 6) is 0.443. The Hall–Kier alpha value is -0.0700. The van der Waals surface area contributed by atoms with E-state index < -0.39 is 0 Å². The molecule has 1 unspecified atom stereocenters. The maximum Gasteiger partial charge on any atom is 0.227 e. The molecule has 1 N–H and O–H groups in total. The molecular weight excluding hydrogens is 325 g/mol. The van der Waals surface area contributed by atoms with Crippen molar-refractivity contribution < 1.29 is 9.53 Å². The molecule has 0 spiro atoms. The fourth-order valence-corrected chi connectivity index (χ4v) is 2.66. The fraction of sp³-hybridized carbons (Fsp3) is 0.933. The molecule has 0 radical (unpaired) electrons. The van der Waals surface area contributed by atoms with Crippen LogP contribution in [-0.2, 0) is 9.53 Å². The second kappa shape index (κ2) is 14.5. The summed E-state index contributed by atoms with van der Waals surface area (Å²) < 4.78 is 5.15. The highest BCUT2D eigenvalue weighted by Crippen LogP contribution is 2.13. The maximum atomic E-state index is 12.6. The summed E-state index contributed by atoms with van der Waals surface area (Å²) in [5, 5.41) is 3.32. The van der Waals surface area contributed by atoms with E-state index in [4.69, 9.17) is 4.74 Å². The Morgan fingerprint density at radius 3 is 2.36 bits per heavy atom. The van der Waals surface area contributed by atoms with E-state index in [9.17, 15) is 4.79 Å². The van der Waals surface area contributed by atoms with Crippen molar-refractivity contribution in [1.29, 1.82) is 0 Å². The second-order valence-electron chi connectivity index (χ2n) is 5.39. The number of rotatable bonds is 9. The number of carbonyl (C=O) groups excluding carboxylic acids is 1. The first-order valence-corrected chi connectivity index (χ1v) is 7.93. The van der Waals surface area contributed by atoms with E-state index in [1.807, 2.05) is 4.90 Å². The van der Waals surface area contributed by atoms with Crippen molar-refractivity contribution in [3.05, 3.63) is 0 Å². The lowest BCUT2D eigenvalue weighted by Crippen LogP contribution is -2.46. The Bertz CT molecular complexity index is 274. The highest BCUT2D eigenvalue weighted by molar-refractivity contribution is 5.85. The van der Waals surface area contributed by atoms with Gasteiger partial charge in [-0.15, -0.1) is 24.8 Å². The van der Waals surface area contributed by atoms with Crippen LogP contribution < -0.4 is 5.32 Å². The zero-order valence-electron chi connectivity index (χ0n) is 14.2. The first-order chi connectivity index (χ1) is 9.72. The molecule has 1 aliphatic rings. The van der Waals surface area contributed by atoms with Crippen LogP contribution in [0.3, 0.4) is 0 Å². The van der Waals surface area contributed by atoms with Crippen molar-refractivity contribution in [2.75, 3.05) is 59.5 Å². The van der Waals surface area contributed by atoms with Gasteiger partial charge in [-0.05, 0) is 32.5 Å². The van der Waals surface area contributed by atoms with Gasteiger partial charge < -0.3 is 19.9 Å². The molecule has 0 bridgehead atoms. The summed E-state index contributed by atoms with van der Waals surface area (Å²) in [6.45, 7) is 11.3. The normalized spacial score (nSPS) is 17.5. The lowest BCUT2D eigenvalue weighted by molar-refractivity contribution is -0.137. The van der Waals surface area contributed by atoms with Crippen molar-refractivity contribution in [2.45, 2.75) is 26.7 Å². The number of hydrogen-bond acceptors (Lipinski definition) is 4. The Morgan fingerprint density at radius 1 is 1.18 bits per heavy atom. The molecular formula is C15H33Cl2N3O2. The molecule has 1 amide bonds. The first-order valence-electron chi connectivity index (χ1n) is 7.93. The molecule has 134 valence electrons. The molecule has 1 fully saturated rings. The Labute approximate surface area is 147 Å². The van der Waals surface area contributed by atoms with Crippen molar-refractivity contribution >= 4 is 30.7 Å². The molecule has 0 aromatic rings. The molecule has 0 aromatic heterocycles. The second-order valence-corrected chi connectivity index (χ2v) is 5.39. The Balaban J connectivity index is 0. The molecule has 7 heteroatoms.